The largest absolute Gasteiger partial charge is 0.486 e. The molecule has 7 heteroatoms. The molecule has 118 valence electrons. The van der Waals surface area contributed by atoms with Crippen molar-refractivity contribution in [3.05, 3.63) is 24.0 Å². The quantitative estimate of drug-likeness (QED) is 0.914. The van der Waals surface area contributed by atoms with Crippen molar-refractivity contribution in [3.8, 4) is 23.0 Å². The molecule has 2 heterocycles. The highest BCUT2D eigenvalue weighted by Crippen LogP contribution is 2.37. The Balaban J connectivity index is 0.00000144. The van der Waals surface area contributed by atoms with Gasteiger partial charge in [0.1, 0.15) is 13.2 Å². The van der Waals surface area contributed by atoms with E-state index in [1.807, 2.05) is 18.2 Å². The molecule has 1 aliphatic carbocycles. The summed E-state index contributed by atoms with van der Waals surface area (Å²) < 4.78 is 16.5. The number of hydrogen-bond acceptors (Lipinski definition) is 6. The molecule has 0 bridgehead atoms. The Kier molecular flexibility index (Phi) is 3.97. The number of nitrogens with two attached hydrogens (primary N) is 1. The number of nitrogens with zero attached hydrogens (tertiary/aromatic N) is 2. The lowest BCUT2D eigenvalue weighted by Crippen LogP contribution is -2.34. The van der Waals surface area contributed by atoms with Crippen molar-refractivity contribution in [1.82, 2.24) is 10.1 Å². The SMILES string of the molecule is Cl.NC1(c2noc(-c3ccc4c(c3)OCCO4)n2)CCCC1. The van der Waals surface area contributed by atoms with Gasteiger partial charge in [0, 0.05) is 5.56 Å². The number of halogens is 1. The van der Waals surface area contributed by atoms with Gasteiger partial charge in [-0.2, -0.15) is 4.98 Å². The summed E-state index contributed by atoms with van der Waals surface area (Å²) in [5.74, 6) is 2.53. The molecule has 0 amide bonds. The molecular weight excluding hydrogens is 306 g/mol. The van der Waals surface area contributed by atoms with Gasteiger partial charge in [0.2, 0.25) is 0 Å². The number of aromatic nitrogens is 2. The normalized spacial score (nSPS) is 18.8. The van der Waals surface area contributed by atoms with E-state index in [0.29, 0.717) is 30.7 Å². The molecule has 1 aromatic heterocycles. The maximum absolute atomic E-state index is 6.35. The number of hydrogen-bond donors (Lipinski definition) is 1. The summed E-state index contributed by atoms with van der Waals surface area (Å²) in [6, 6.07) is 5.62. The Morgan fingerprint density at radius 1 is 1.05 bits per heavy atom. The molecule has 0 unspecified atom stereocenters. The highest BCUT2D eigenvalue weighted by atomic mass is 35.5. The molecule has 1 aromatic carbocycles. The van der Waals surface area contributed by atoms with Gasteiger partial charge in [-0.05, 0) is 31.0 Å². The van der Waals surface area contributed by atoms with E-state index in [0.717, 1.165) is 37.0 Å². The summed E-state index contributed by atoms with van der Waals surface area (Å²) in [7, 11) is 0. The fraction of sp³-hybridized carbons (Fsp3) is 0.467. The van der Waals surface area contributed by atoms with Crippen LogP contribution in [0.25, 0.3) is 11.5 Å². The molecule has 1 fully saturated rings. The molecule has 1 aliphatic heterocycles. The third-order valence-corrected chi connectivity index (χ3v) is 4.16. The summed E-state index contributed by atoms with van der Waals surface area (Å²) >= 11 is 0. The second kappa shape index (κ2) is 5.78. The van der Waals surface area contributed by atoms with Crippen LogP contribution in [0.3, 0.4) is 0 Å². The van der Waals surface area contributed by atoms with Crippen LogP contribution in [-0.4, -0.2) is 23.4 Å². The zero-order chi connectivity index (χ0) is 14.3. The van der Waals surface area contributed by atoms with Crippen LogP contribution in [0.4, 0.5) is 0 Å². The van der Waals surface area contributed by atoms with E-state index in [-0.39, 0.29) is 12.4 Å². The zero-order valence-corrected chi connectivity index (χ0v) is 12.9. The van der Waals surface area contributed by atoms with E-state index in [1.54, 1.807) is 0 Å². The highest BCUT2D eigenvalue weighted by molar-refractivity contribution is 5.85. The summed E-state index contributed by atoms with van der Waals surface area (Å²) in [4.78, 5) is 4.48. The van der Waals surface area contributed by atoms with Crippen LogP contribution in [0.2, 0.25) is 0 Å². The summed E-state index contributed by atoms with van der Waals surface area (Å²) in [5.41, 5.74) is 6.74. The fourth-order valence-electron chi connectivity index (χ4n) is 2.95. The lowest BCUT2D eigenvalue weighted by molar-refractivity contribution is 0.171. The van der Waals surface area contributed by atoms with Gasteiger partial charge in [-0.25, -0.2) is 0 Å². The van der Waals surface area contributed by atoms with Gasteiger partial charge in [-0.3, -0.25) is 0 Å². The molecule has 22 heavy (non-hydrogen) atoms. The molecule has 4 rings (SSSR count). The van der Waals surface area contributed by atoms with Crippen LogP contribution < -0.4 is 15.2 Å². The van der Waals surface area contributed by atoms with Crippen molar-refractivity contribution in [2.45, 2.75) is 31.2 Å². The van der Waals surface area contributed by atoms with Gasteiger partial charge in [0.05, 0.1) is 5.54 Å². The van der Waals surface area contributed by atoms with Crippen molar-refractivity contribution in [2.24, 2.45) is 5.73 Å². The highest BCUT2D eigenvalue weighted by Gasteiger charge is 2.36. The smallest absolute Gasteiger partial charge is 0.258 e. The van der Waals surface area contributed by atoms with Crippen molar-refractivity contribution in [3.63, 3.8) is 0 Å². The molecule has 0 radical (unpaired) electrons. The molecule has 0 spiro atoms. The van der Waals surface area contributed by atoms with Gasteiger partial charge in [0.15, 0.2) is 17.3 Å². The minimum Gasteiger partial charge on any atom is -0.486 e. The Bertz CT molecular complexity index is 668. The third kappa shape index (κ3) is 2.53. The average molecular weight is 324 g/mol. The molecule has 2 N–H and O–H groups in total. The average Bonchev–Trinajstić information content (AvgIpc) is 3.17. The Morgan fingerprint density at radius 3 is 2.55 bits per heavy atom. The van der Waals surface area contributed by atoms with Gasteiger partial charge in [-0.1, -0.05) is 18.0 Å². The van der Waals surface area contributed by atoms with E-state index in [9.17, 15) is 0 Å². The van der Waals surface area contributed by atoms with E-state index >= 15 is 0 Å². The standard InChI is InChI=1S/C15H17N3O3.ClH/c16-15(5-1-2-6-15)14-17-13(21-18-14)10-3-4-11-12(9-10)20-8-7-19-11;/h3-4,9H,1-2,5-8,16H2;1H. The number of ether oxygens (including phenoxy) is 2. The predicted octanol–water partition coefficient (Wildman–Crippen LogP) is 2.66. The Morgan fingerprint density at radius 2 is 1.77 bits per heavy atom. The maximum atomic E-state index is 6.35. The molecule has 0 saturated heterocycles. The van der Waals surface area contributed by atoms with Gasteiger partial charge >= 0.3 is 0 Å². The van der Waals surface area contributed by atoms with Crippen LogP contribution in [0.5, 0.6) is 11.5 Å². The van der Waals surface area contributed by atoms with Crippen molar-refractivity contribution >= 4 is 12.4 Å². The van der Waals surface area contributed by atoms with Gasteiger partial charge in [-0.15, -0.1) is 12.4 Å². The Labute approximate surface area is 134 Å². The number of benzene rings is 1. The van der Waals surface area contributed by atoms with Crippen LogP contribution >= 0.6 is 12.4 Å². The summed E-state index contributed by atoms with van der Waals surface area (Å²) in [6.07, 6.45) is 4.05. The van der Waals surface area contributed by atoms with Gasteiger partial charge < -0.3 is 19.7 Å². The molecule has 2 aliphatic rings. The minimum absolute atomic E-state index is 0. The van der Waals surface area contributed by atoms with Crippen LogP contribution in [-0.2, 0) is 5.54 Å². The van der Waals surface area contributed by atoms with Gasteiger partial charge in [0.25, 0.3) is 5.89 Å². The molecular formula is C15H18ClN3O3. The lowest BCUT2D eigenvalue weighted by atomic mass is 9.99. The number of fused-ring (bicyclic) bond motifs is 1. The summed E-state index contributed by atoms with van der Waals surface area (Å²) in [6.45, 7) is 1.13. The second-order valence-corrected chi connectivity index (χ2v) is 5.64. The first-order valence-electron chi connectivity index (χ1n) is 7.28. The summed E-state index contributed by atoms with van der Waals surface area (Å²) in [5, 5.41) is 4.08. The van der Waals surface area contributed by atoms with Crippen LogP contribution in [0.15, 0.2) is 22.7 Å². The molecule has 0 atom stereocenters. The van der Waals surface area contributed by atoms with E-state index in [2.05, 4.69) is 10.1 Å². The molecule has 6 nitrogen and oxygen atoms in total. The minimum atomic E-state index is -0.435. The predicted molar refractivity (Wildman–Crippen MR) is 82.3 cm³/mol. The lowest BCUT2D eigenvalue weighted by Gasteiger charge is -2.18. The van der Waals surface area contributed by atoms with Crippen molar-refractivity contribution in [1.29, 1.82) is 0 Å². The second-order valence-electron chi connectivity index (χ2n) is 5.64. The number of rotatable bonds is 2. The monoisotopic (exact) mass is 323 g/mol. The van der Waals surface area contributed by atoms with E-state index < -0.39 is 5.54 Å². The van der Waals surface area contributed by atoms with E-state index in [1.165, 1.54) is 0 Å². The fourth-order valence-corrected chi connectivity index (χ4v) is 2.95. The van der Waals surface area contributed by atoms with Crippen molar-refractivity contribution in [2.75, 3.05) is 13.2 Å². The maximum Gasteiger partial charge on any atom is 0.258 e. The zero-order valence-electron chi connectivity index (χ0n) is 12.1. The third-order valence-electron chi connectivity index (χ3n) is 4.16. The van der Waals surface area contributed by atoms with E-state index in [4.69, 9.17) is 19.7 Å². The first-order valence-corrected chi connectivity index (χ1v) is 7.28. The topological polar surface area (TPSA) is 83.4 Å². The van der Waals surface area contributed by atoms with Crippen LogP contribution in [0, 0.1) is 0 Å². The van der Waals surface area contributed by atoms with Crippen LogP contribution in [0.1, 0.15) is 31.5 Å². The Hall–Kier alpha value is -1.79. The van der Waals surface area contributed by atoms with Crippen molar-refractivity contribution < 1.29 is 14.0 Å². The first kappa shape index (κ1) is 15.1. The molecule has 1 saturated carbocycles. The molecule has 2 aromatic rings. The first-order chi connectivity index (χ1) is 10.2.